The number of hydrogen-bond acceptors (Lipinski definition) is 11. The summed E-state index contributed by atoms with van der Waals surface area (Å²) in [5, 5.41) is 11.4. The maximum atomic E-state index is 12.9. The van der Waals surface area contributed by atoms with Crippen LogP contribution in [0.4, 0.5) is 30.8 Å². The van der Waals surface area contributed by atoms with Crippen LogP contribution in [0.15, 0.2) is 48.5 Å². The molecule has 1 heterocycles. The quantitative estimate of drug-likeness (QED) is 0.133. The van der Waals surface area contributed by atoms with Crippen LogP contribution in [0.1, 0.15) is 67.3 Å². The van der Waals surface area contributed by atoms with E-state index in [4.69, 9.17) is 16.3 Å². The number of nitrogens with one attached hydrogen (secondary N) is 5. The summed E-state index contributed by atoms with van der Waals surface area (Å²) in [6.45, 7) is -1.45. The molecule has 0 bridgehead atoms. The van der Waals surface area contributed by atoms with Crippen LogP contribution in [-0.2, 0) is 25.2 Å². The first-order valence-corrected chi connectivity index (χ1v) is 18.1. The van der Waals surface area contributed by atoms with Crippen molar-refractivity contribution in [2.45, 2.75) is 73.9 Å². The van der Waals surface area contributed by atoms with Crippen molar-refractivity contribution in [2.24, 2.45) is 0 Å². The van der Waals surface area contributed by atoms with Crippen molar-refractivity contribution in [1.29, 1.82) is 0 Å². The second-order valence-corrected chi connectivity index (χ2v) is 15.1. The lowest BCUT2D eigenvalue weighted by molar-refractivity contribution is -0.154. The zero-order valence-electron chi connectivity index (χ0n) is 27.0. The Labute approximate surface area is 295 Å². The van der Waals surface area contributed by atoms with Crippen LogP contribution in [0.25, 0.3) is 0 Å². The van der Waals surface area contributed by atoms with Gasteiger partial charge in [-0.3, -0.25) is 19.1 Å². The average molecular weight is 751 g/mol. The molecule has 3 aromatic rings. The predicted octanol–water partition coefficient (Wildman–Crippen LogP) is 4.08. The Bertz CT molecular complexity index is 1900. The van der Waals surface area contributed by atoms with Gasteiger partial charge in [-0.15, -0.1) is 0 Å². The van der Waals surface area contributed by atoms with Gasteiger partial charge < -0.3 is 26.0 Å². The van der Waals surface area contributed by atoms with Crippen LogP contribution in [0.3, 0.4) is 0 Å². The highest BCUT2D eigenvalue weighted by Gasteiger charge is 2.53. The fourth-order valence-electron chi connectivity index (χ4n) is 5.21. The number of ether oxygens (including phenoxy) is 1. The molecular formula is C32H34ClF3N8O6S. The summed E-state index contributed by atoms with van der Waals surface area (Å²) in [5.41, 5.74) is -0.123. The number of alkyl halides is 3. The van der Waals surface area contributed by atoms with E-state index in [1.807, 2.05) is 12.1 Å². The minimum atomic E-state index is -4.61. The van der Waals surface area contributed by atoms with Gasteiger partial charge in [-0.25, -0.2) is 8.42 Å². The molecule has 272 valence electrons. The number of sulfonamides is 1. The monoisotopic (exact) mass is 750 g/mol. The summed E-state index contributed by atoms with van der Waals surface area (Å²) < 4.78 is 69.8. The second kappa shape index (κ2) is 14.1. The summed E-state index contributed by atoms with van der Waals surface area (Å²) in [6, 6.07) is 12.7. The van der Waals surface area contributed by atoms with Crippen molar-refractivity contribution in [3.63, 3.8) is 0 Å². The highest BCUT2D eigenvalue weighted by atomic mass is 35.5. The van der Waals surface area contributed by atoms with E-state index in [-0.39, 0.29) is 31.3 Å². The zero-order valence-corrected chi connectivity index (χ0v) is 28.6. The van der Waals surface area contributed by atoms with E-state index >= 15 is 0 Å². The van der Waals surface area contributed by atoms with Crippen molar-refractivity contribution in [3.8, 4) is 6.01 Å². The lowest BCUT2D eigenvalue weighted by Gasteiger charge is -2.19. The van der Waals surface area contributed by atoms with Gasteiger partial charge in [0.25, 0.3) is 11.8 Å². The molecule has 6 rings (SSSR count). The van der Waals surface area contributed by atoms with Gasteiger partial charge in [0.05, 0.1) is 10.8 Å². The molecule has 19 heteroatoms. The third kappa shape index (κ3) is 9.55. The summed E-state index contributed by atoms with van der Waals surface area (Å²) in [4.78, 5) is 50.0. The number of aromatic nitrogens is 3. The van der Waals surface area contributed by atoms with E-state index in [1.165, 1.54) is 12.1 Å². The van der Waals surface area contributed by atoms with Gasteiger partial charge >= 0.3 is 12.2 Å². The van der Waals surface area contributed by atoms with E-state index in [0.29, 0.717) is 42.0 Å². The maximum absolute atomic E-state index is 12.9. The third-order valence-corrected chi connectivity index (χ3v) is 10.6. The molecule has 0 aliphatic heterocycles. The average Bonchev–Trinajstić information content (AvgIpc) is 3.92. The van der Waals surface area contributed by atoms with Gasteiger partial charge in [-0.1, -0.05) is 23.7 Å². The van der Waals surface area contributed by atoms with Gasteiger partial charge in [0.15, 0.2) is 6.61 Å². The Morgan fingerprint density at radius 1 is 0.922 bits per heavy atom. The van der Waals surface area contributed by atoms with E-state index in [9.17, 15) is 36.0 Å². The largest absolute Gasteiger partial charge is 0.454 e. The van der Waals surface area contributed by atoms with Crippen LogP contribution in [-0.4, -0.2) is 71.2 Å². The maximum Gasteiger partial charge on any atom is 0.422 e. The molecule has 14 nitrogen and oxygen atoms in total. The van der Waals surface area contributed by atoms with Gasteiger partial charge in [-0.05, 0) is 86.9 Å². The Balaban J connectivity index is 1.01. The normalized spacial score (nSPS) is 17.1. The lowest BCUT2D eigenvalue weighted by atomic mass is 10.1. The number of halogens is 4. The number of rotatable bonds is 16. The highest BCUT2D eigenvalue weighted by Crippen LogP contribution is 2.48. The number of hydrogen-bond donors (Lipinski definition) is 5. The summed E-state index contributed by atoms with van der Waals surface area (Å²) >= 11 is 6.02. The number of benzene rings is 2. The lowest BCUT2D eigenvalue weighted by Crippen LogP contribution is -2.51. The van der Waals surface area contributed by atoms with Crippen LogP contribution < -0.4 is 30.7 Å². The molecule has 0 atom stereocenters. The molecule has 0 spiro atoms. The number of anilines is 3. The first kappa shape index (κ1) is 36.1. The van der Waals surface area contributed by atoms with E-state index in [0.717, 1.165) is 18.4 Å². The van der Waals surface area contributed by atoms with Crippen LogP contribution in [0.5, 0.6) is 6.01 Å². The Morgan fingerprint density at radius 2 is 1.59 bits per heavy atom. The fraction of sp³-hybridized carbons (Fsp3) is 0.438. The molecule has 0 saturated heterocycles. The second-order valence-electron chi connectivity index (χ2n) is 12.8. The van der Waals surface area contributed by atoms with Crippen molar-refractivity contribution in [3.05, 3.63) is 64.7 Å². The smallest absolute Gasteiger partial charge is 0.422 e. The number of carbonyl (C=O) groups excluding carboxylic acids is 3. The molecule has 2 aromatic carbocycles. The number of nitrogens with zero attached hydrogens (tertiary/aromatic N) is 3. The van der Waals surface area contributed by atoms with Crippen LogP contribution >= 0.6 is 11.6 Å². The predicted molar refractivity (Wildman–Crippen MR) is 179 cm³/mol. The zero-order chi connectivity index (χ0) is 36.4. The molecule has 51 heavy (non-hydrogen) atoms. The molecule has 1 aromatic heterocycles. The SMILES string of the molecule is O=C(CCCNC(=O)c1ccc(Nc2nc(NC3(c4ccc(Cl)cc4)CC3)nc(OCC(F)(F)F)n2)cc1)NC1(C(=O)NS(=O)(=O)C2CC2)CC1. The molecular weight excluding hydrogens is 717 g/mol. The van der Waals surface area contributed by atoms with Crippen molar-refractivity contribution in [1.82, 2.24) is 30.3 Å². The number of amides is 3. The number of carbonyl (C=O) groups is 3. The molecule has 3 aliphatic rings. The molecule has 3 aliphatic carbocycles. The standard InChI is InChI=1S/C32H34ClF3N8O6S/c33-21-7-5-20(6-8-21)30(13-14-30)43-28-39-27(40-29(41-28)50-18-32(34,35)36)38-22-9-3-19(4-10-22)25(46)37-17-1-2-24(45)42-31(15-16-31)26(47)44-51(48,49)23-11-12-23/h3-10,23H,1-2,11-18H2,(H,37,46)(H,42,45)(H,44,47)(H2,38,39,40,41,43). The van der Waals surface area contributed by atoms with E-state index in [1.54, 1.807) is 24.3 Å². The molecule has 0 radical (unpaired) electrons. The Kier molecular flexibility index (Phi) is 10.0. The molecule has 5 N–H and O–H groups in total. The van der Waals surface area contributed by atoms with Crippen LogP contribution in [0, 0.1) is 0 Å². The van der Waals surface area contributed by atoms with Gasteiger partial charge in [0.2, 0.25) is 27.8 Å². The van der Waals surface area contributed by atoms with Crippen molar-refractivity contribution in [2.75, 3.05) is 23.8 Å². The topological polar surface area (TPSA) is 193 Å². The van der Waals surface area contributed by atoms with Crippen molar-refractivity contribution < 1.29 is 40.7 Å². The van der Waals surface area contributed by atoms with Crippen molar-refractivity contribution >= 4 is 56.9 Å². The minimum absolute atomic E-state index is 0.00103. The first-order valence-electron chi connectivity index (χ1n) is 16.2. The summed E-state index contributed by atoms with van der Waals surface area (Å²) in [6.07, 6.45) is -1.18. The molecule has 0 unspecified atom stereocenters. The van der Waals surface area contributed by atoms with Crippen LogP contribution in [0.2, 0.25) is 5.02 Å². The van der Waals surface area contributed by atoms with Gasteiger partial charge in [0.1, 0.15) is 5.54 Å². The molecule has 3 saturated carbocycles. The third-order valence-electron chi connectivity index (χ3n) is 8.51. The van der Waals surface area contributed by atoms with E-state index < -0.39 is 62.9 Å². The van der Waals surface area contributed by atoms with Gasteiger partial charge in [0, 0.05) is 29.2 Å². The van der Waals surface area contributed by atoms with E-state index in [2.05, 4.69) is 40.9 Å². The summed E-state index contributed by atoms with van der Waals surface area (Å²) in [5.74, 6) is -1.67. The molecule has 3 fully saturated rings. The minimum Gasteiger partial charge on any atom is -0.454 e. The fourth-order valence-corrected chi connectivity index (χ4v) is 6.71. The Morgan fingerprint density at radius 3 is 2.20 bits per heavy atom. The first-order chi connectivity index (χ1) is 24.1. The highest BCUT2D eigenvalue weighted by molar-refractivity contribution is 7.91. The summed E-state index contributed by atoms with van der Waals surface area (Å²) in [7, 11) is -3.72. The van der Waals surface area contributed by atoms with Gasteiger partial charge in [-0.2, -0.15) is 28.1 Å². The Hall–Kier alpha value is -4.71. The molecule has 3 amide bonds.